The highest BCUT2D eigenvalue weighted by Crippen LogP contribution is 2.42. The summed E-state index contributed by atoms with van der Waals surface area (Å²) < 4.78 is 46.1. The lowest BCUT2D eigenvalue weighted by Crippen LogP contribution is -2.46. The summed E-state index contributed by atoms with van der Waals surface area (Å²) >= 11 is 0. The maximum Gasteiger partial charge on any atom is 0.418 e. The number of carbonyl (C=O) groups excluding carboxylic acids is 4. The molecule has 33 heavy (non-hydrogen) atoms. The van der Waals surface area contributed by atoms with E-state index in [4.69, 9.17) is 4.74 Å². The van der Waals surface area contributed by atoms with Crippen molar-refractivity contribution in [2.75, 3.05) is 23.8 Å². The molecule has 2 atom stereocenters. The Morgan fingerprint density at radius 2 is 1.94 bits per heavy atom. The number of urea groups is 1. The molecule has 3 N–H and O–H groups in total. The van der Waals surface area contributed by atoms with E-state index < -0.39 is 59.4 Å². The number of halogens is 3. The highest BCUT2D eigenvalue weighted by Gasteiger charge is 2.56. The molecule has 1 saturated carbocycles. The minimum Gasteiger partial charge on any atom is -0.368 e. The summed E-state index contributed by atoms with van der Waals surface area (Å²) in [6.07, 6.45) is -2.84. The summed E-state index contributed by atoms with van der Waals surface area (Å²) in [5, 5.41) is 7.09. The van der Waals surface area contributed by atoms with Crippen molar-refractivity contribution in [2.45, 2.75) is 50.4 Å². The third kappa shape index (κ3) is 4.65. The van der Waals surface area contributed by atoms with E-state index >= 15 is 0 Å². The van der Waals surface area contributed by atoms with Crippen molar-refractivity contribution in [2.24, 2.45) is 5.92 Å². The standard InChI is InChI=1S/C21H23F3N4O5/c1-20(11-4-5-11)18(31)28(19(32)27-20)10-16(29)26-14-7-6-12(9-13(14)21(22,23)24)25-17(30)15-3-2-8-33-15/h6-7,9,11,15H,2-5,8,10H2,1H3,(H,25,30)(H,26,29)(H,27,32). The molecule has 1 aliphatic carbocycles. The second-order valence-corrected chi connectivity index (χ2v) is 8.60. The number of anilines is 2. The normalized spacial score (nSPS) is 25.2. The SMILES string of the molecule is CC1(C2CC2)NC(=O)N(CC(=O)Nc2ccc(NC(=O)C3CCCO3)cc2C(F)(F)F)C1=O. The molecule has 0 radical (unpaired) electrons. The summed E-state index contributed by atoms with van der Waals surface area (Å²) in [5.74, 6) is -2.10. The fourth-order valence-corrected chi connectivity index (χ4v) is 4.10. The minimum absolute atomic E-state index is 0.0174. The average Bonchev–Trinajstić information content (AvgIpc) is 3.41. The lowest BCUT2D eigenvalue weighted by atomic mass is 9.96. The maximum absolute atomic E-state index is 13.6. The lowest BCUT2D eigenvalue weighted by Gasteiger charge is -2.21. The molecule has 9 nitrogen and oxygen atoms in total. The number of nitrogens with zero attached hydrogens (tertiary/aromatic N) is 1. The molecule has 5 amide bonds. The van der Waals surface area contributed by atoms with Gasteiger partial charge in [0.25, 0.3) is 11.8 Å². The molecule has 2 saturated heterocycles. The Morgan fingerprint density at radius 1 is 1.21 bits per heavy atom. The van der Waals surface area contributed by atoms with E-state index in [1.54, 1.807) is 6.92 Å². The van der Waals surface area contributed by atoms with Gasteiger partial charge in [-0.2, -0.15) is 13.2 Å². The molecule has 2 aliphatic heterocycles. The number of hydrogen-bond acceptors (Lipinski definition) is 5. The fourth-order valence-electron chi connectivity index (χ4n) is 4.10. The highest BCUT2D eigenvalue weighted by molar-refractivity contribution is 6.10. The van der Waals surface area contributed by atoms with Gasteiger partial charge in [0, 0.05) is 12.3 Å². The van der Waals surface area contributed by atoms with Crippen LogP contribution in [0.5, 0.6) is 0 Å². The molecule has 3 fully saturated rings. The van der Waals surface area contributed by atoms with Crippen molar-refractivity contribution in [1.82, 2.24) is 10.2 Å². The topological polar surface area (TPSA) is 117 Å². The molecule has 0 aromatic heterocycles. The summed E-state index contributed by atoms with van der Waals surface area (Å²) in [7, 11) is 0. The van der Waals surface area contributed by atoms with Gasteiger partial charge in [-0.3, -0.25) is 19.3 Å². The minimum atomic E-state index is -4.83. The number of amides is 5. The molecule has 0 bridgehead atoms. The zero-order valence-electron chi connectivity index (χ0n) is 17.8. The third-order valence-electron chi connectivity index (χ3n) is 6.09. The zero-order chi connectivity index (χ0) is 24.0. The number of nitrogens with one attached hydrogen (secondary N) is 3. The molecule has 2 unspecified atom stereocenters. The van der Waals surface area contributed by atoms with E-state index in [9.17, 15) is 32.3 Å². The molecule has 1 aromatic rings. The molecular formula is C21H23F3N4O5. The van der Waals surface area contributed by atoms with Gasteiger partial charge < -0.3 is 20.7 Å². The first-order valence-corrected chi connectivity index (χ1v) is 10.6. The maximum atomic E-state index is 13.6. The molecule has 178 valence electrons. The molecule has 12 heteroatoms. The number of ether oxygens (including phenoxy) is 1. The van der Waals surface area contributed by atoms with Gasteiger partial charge in [0.2, 0.25) is 5.91 Å². The van der Waals surface area contributed by atoms with Crippen molar-refractivity contribution in [3.05, 3.63) is 23.8 Å². The second-order valence-electron chi connectivity index (χ2n) is 8.60. The Kier molecular flexibility index (Phi) is 5.81. The van der Waals surface area contributed by atoms with Crippen LogP contribution in [0.2, 0.25) is 0 Å². The molecule has 3 aliphatic rings. The highest BCUT2D eigenvalue weighted by atomic mass is 19.4. The van der Waals surface area contributed by atoms with Crippen LogP contribution in [0.4, 0.5) is 29.3 Å². The fraction of sp³-hybridized carbons (Fsp3) is 0.524. The summed E-state index contributed by atoms with van der Waals surface area (Å²) in [5.41, 5.74) is -2.94. The summed E-state index contributed by atoms with van der Waals surface area (Å²) in [4.78, 5) is 50.1. The van der Waals surface area contributed by atoms with Gasteiger partial charge >= 0.3 is 12.2 Å². The number of benzene rings is 1. The van der Waals surface area contributed by atoms with Crippen LogP contribution in [-0.4, -0.2) is 53.4 Å². The zero-order valence-corrected chi connectivity index (χ0v) is 17.8. The first-order valence-electron chi connectivity index (χ1n) is 10.6. The predicted molar refractivity (Wildman–Crippen MR) is 109 cm³/mol. The van der Waals surface area contributed by atoms with Gasteiger partial charge in [0.1, 0.15) is 18.2 Å². The first-order chi connectivity index (χ1) is 15.5. The van der Waals surface area contributed by atoms with Crippen LogP contribution < -0.4 is 16.0 Å². The molecule has 2 heterocycles. The first kappa shape index (κ1) is 23.0. The van der Waals surface area contributed by atoms with Crippen LogP contribution in [-0.2, 0) is 25.3 Å². The van der Waals surface area contributed by atoms with Gasteiger partial charge in [-0.1, -0.05) is 0 Å². The van der Waals surface area contributed by atoms with Gasteiger partial charge in [-0.05, 0) is 56.7 Å². The Morgan fingerprint density at radius 3 is 2.55 bits per heavy atom. The van der Waals surface area contributed by atoms with Crippen molar-refractivity contribution < 1.29 is 37.1 Å². The number of alkyl halides is 3. The Balaban J connectivity index is 1.46. The van der Waals surface area contributed by atoms with E-state index in [1.807, 2.05) is 0 Å². The Labute approximate surface area is 187 Å². The van der Waals surface area contributed by atoms with E-state index in [1.165, 1.54) is 6.07 Å². The Bertz CT molecular complexity index is 1000. The van der Waals surface area contributed by atoms with E-state index in [0.29, 0.717) is 30.4 Å². The van der Waals surface area contributed by atoms with Gasteiger partial charge in [-0.15, -0.1) is 0 Å². The third-order valence-corrected chi connectivity index (χ3v) is 6.09. The van der Waals surface area contributed by atoms with E-state index in [0.717, 1.165) is 18.9 Å². The van der Waals surface area contributed by atoms with Crippen molar-refractivity contribution in [3.8, 4) is 0 Å². The van der Waals surface area contributed by atoms with Gasteiger partial charge in [0.15, 0.2) is 0 Å². The lowest BCUT2D eigenvalue weighted by molar-refractivity contribution is -0.137. The van der Waals surface area contributed by atoms with E-state index in [-0.39, 0.29) is 11.6 Å². The van der Waals surface area contributed by atoms with Crippen molar-refractivity contribution in [3.63, 3.8) is 0 Å². The van der Waals surface area contributed by atoms with Gasteiger partial charge in [0.05, 0.1) is 11.3 Å². The van der Waals surface area contributed by atoms with Gasteiger partial charge in [-0.25, -0.2) is 4.79 Å². The monoisotopic (exact) mass is 468 g/mol. The van der Waals surface area contributed by atoms with Crippen molar-refractivity contribution in [1.29, 1.82) is 0 Å². The van der Waals surface area contributed by atoms with E-state index in [2.05, 4.69) is 16.0 Å². The number of carbonyl (C=O) groups is 4. The summed E-state index contributed by atoms with van der Waals surface area (Å²) in [6.45, 7) is 1.27. The number of imide groups is 1. The van der Waals surface area contributed by atoms with Crippen LogP contribution in [0.15, 0.2) is 18.2 Å². The smallest absolute Gasteiger partial charge is 0.368 e. The van der Waals surface area contributed by atoms with Crippen molar-refractivity contribution >= 4 is 35.1 Å². The number of rotatable bonds is 6. The molecule has 1 aromatic carbocycles. The van der Waals surface area contributed by atoms with Crippen LogP contribution in [0.3, 0.4) is 0 Å². The Hall–Kier alpha value is -3.15. The number of hydrogen-bond donors (Lipinski definition) is 3. The largest absolute Gasteiger partial charge is 0.418 e. The molecule has 0 spiro atoms. The molecule has 4 rings (SSSR count). The van der Waals surface area contributed by atoms with Crippen LogP contribution in [0.25, 0.3) is 0 Å². The van der Waals surface area contributed by atoms with Crippen LogP contribution >= 0.6 is 0 Å². The van der Waals surface area contributed by atoms with Crippen LogP contribution in [0, 0.1) is 5.92 Å². The quantitative estimate of drug-likeness (QED) is 0.555. The predicted octanol–water partition coefficient (Wildman–Crippen LogP) is 2.48. The van der Waals surface area contributed by atoms with Crippen LogP contribution in [0.1, 0.15) is 38.2 Å². The second kappa shape index (κ2) is 8.32. The average molecular weight is 468 g/mol. The molecular weight excluding hydrogens is 445 g/mol. The summed E-state index contributed by atoms with van der Waals surface area (Å²) in [6, 6.07) is 2.18.